The molecule has 0 radical (unpaired) electrons. The predicted molar refractivity (Wildman–Crippen MR) is 119 cm³/mol. The molecule has 0 bridgehead atoms. The van der Waals surface area contributed by atoms with E-state index in [0.29, 0.717) is 25.0 Å². The van der Waals surface area contributed by atoms with Crippen LogP contribution in [-0.4, -0.2) is 29.6 Å². The zero-order valence-electron chi connectivity index (χ0n) is 19.6. The Hall–Kier alpha value is -0.740. The quantitative estimate of drug-likeness (QED) is 0.230. The third-order valence-electron chi connectivity index (χ3n) is 6.01. The molecule has 0 N–H and O–H groups in total. The largest absolute Gasteiger partial charge is 0.344 e. The van der Waals surface area contributed by atoms with Gasteiger partial charge >= 0.3 is 0 Å². The van der Waals surface area contributed by atoms with E-state index in [1.54, 1.807) is 13.8 Å². The number of ether oxygens (including phenoxy) is 2. The standard InChI is InChI=1S/C25H46O4/c1-5-6-7-8-11-14-17-23-24(18-15-12-9-10-13-16-21(2)26)29-25(4,28-23)20-19-22(3)27/h23-24H,5-20H2,1-4H3. The number of carbonyl (C=O) groups excluding carboxylic acids is 2. The maximum atomic E-state index is 11.4. The summed E-state index contributed by atoms with van der Waals surface area (Å²) in [5.41, 5.74) is 0. The minimum Gasteiger partial charge on any atom is -0.344 e. The molecule has 1 heterocycles. The lowest BCUT2D eigenvalue weighted by molar-refractivity contribution is -0.169. The number of hydrogen-bond acceptors (Lipinski definition) is 4. The van der Waals surface area contributed by atoms with E-state index in [1.807, 2.05) is 6.92 Å². The van der Waals surface area contributed by atoms with Crippen LogP contribution in [0.3, 0.4) is 0 Å². The van der Waals surface area contributed by atoms with Crippen molar-refractivity contribution in [2.24, 2.45) is 0 Å². The Kier molecular flexibility index (Phi) is 13.7. The van der Waals surface area contributed by atoms with Gasteiger partial charge in [-0.25, -0.2) is 0 Å². The summed E-state index contributed by atoms with van der Waals surface area (Å²) in [5, 5.41) is 0. The van der Waals surface area contributed by atoms with Crippen molar-refractivity contribution in [1.29, 1.82) is 0 Å². The highest BCUT2D eigenvalue weighted by molar-refractivity contribution is 5.75. The van der Waals surface area contributed by atoms with E-state index in [9.17, 15) is 9.59 Å². The highest BCUT2D eigenvalue weighted by atomic mass is 16.8. The lowest BCUT2D eigenvalue weighted by atomic mass is 9.99. The topological polar surface area (TPSA) is 52.6 Å². The number of Topliss-reactive ketones (excluding diaryl/α,β-unsaturated/α-hetero) is 2. The normalized spacial score (nSPS) is 24.1. The monoisotopic (exact) mass is 410 g/mol. The van der Waals surface area contributed by atoms with Gasteiger partial charge in [0.15, 0.2) is 5.79 Å². The van der Waals surface area contributed by atoms with E-state index in [-0.39, 0.29) is 18.0 Å². The molecule has 0 aliphatic carbocycles. The van der Waals surface area contributed by atoms with Crippen LogP contribution in [0.15, 0.2) is 0 Å². The first-order chi connectivity index (χ1) is 13.9. The molecule has 0 aromatic carbocycles. The van der Waals surface area contributed by atoms with Crippen molar-refractivity contribution in [2.75, 3.05) is 0 Å². The molecule has 3 atom stereocenters. The smallest absolute Gasteiger partial charge is 0.166 e. The van der Waals surface area contributed by atoms with E-state index in [4.69, 9.17) is 9.47 Å². The molecule has 0 spiro atoms. The maximum absolute atomic E-state index is 11.4. The summed E-state index contributed by atoms with van der Waals surface area (Å²) in [6.45, 7) is 7.56. The van der Waals surface area contributed by atoms with Crippen LogP contribution in [0.4, 0.5) is 0 Å². The van der Waals surface area contributed by atoms with Gasteiger partial charge in [0.05, 0.1) is 12.2 Å². The number of unbranched alkanes of at least 4 members (excludes halogenated alkanes) is 9. The highest BCUT2D eigenvalue weighted by Crippen LogP contribution is 2.37. The molecule has 1 rings (SSSR count). The zero-order valence-corrected chi connectivity index (χ0v) is 19.6. The summed E-state index contributed by atoms with van der Waals surface area (Å²) in [4.78, 5) is 22.4. The Labute approximate surface area is 179 Å². The van der Waals surface area contributed by atoms with Gasteiger partial charge in [-0.15, -0.1) is 0 Å². The lowest BCUT2D eigenvalue weighted by Gasteiger charge is -2.23. The molecule has 0 aromatic rings. The zero-order chi connectivity index (χ0) is 21.5. The molecule has 0 saturated carbocycles. The molecule has 170 valence electrons. The molecule has 4 heteroatoms. The van der Waals surface area contributed by atoms with Crippen molar-refractivity contribution < 1.29 is 19.1 Å². The molecule has 4 nitrogen and oxygen atoms in total. The van der Waals surface area contributed by atoms with Gasteiger partial charge in [-0.1, -0.05) is 71.1 Å². The first-order valence-electron chi connectivity index (χ1n) is 12.2. The molecule has 1 saturated heterocycles. The highest BCUT2D eigenvalue weighted by Gasteiger charge is 2.43. The van der Waals surface area contributed by atoms with Gasteiger partial charge in [-0.2, -0.15) is 0 Å². The Bertz CT molecular complexity index is 462. The van der Waals surface area contributed by atoms with Crippen molar-refractivity contribution in [3.05, 3.63) is 0 Å². The fourth-order valence-corrected chi connectivity index (χ4v) is 4.21. The number of hydrogen-bond donors (Lipinski definition) is 0. The molecular formula is C25H46O4. The predicted octanol–water partition coefficient (Wildman–Crippen LogP) is 6.93. The minimum absolute atomic E-state index is 0.153. The van der Waals surface area contributed by atoms with Crippen LogP contribution in [-0.2, 0) is 19.1 Å². The average Bonchev–Trinajstić information content (AvgIpc) is 2.98. The van der Waals surface area contributed by atoms with Crippen LogP contribution in [0.5, 0.6) is 0 Å². The van der Waals surface area contributed by atoms with Crippen LogP contribution >= 0.6 is 0 Å². The van der Waals surface area contributed by atoms with Gasteiger partial charge in [0, 0.05) is 19.3 Å². The van der Waals surface area contributed by atoms with Crippen molar-refractivity contribution in [3.63, 3.8) is 0 Å². The summed E-state index contributed by atoms with van der Waals surface area (Å²) in [7, 11) is 0. The first-order valence-corrected chi connectivity index (χ1v) is 12.2. The third kappa shape index (κ3) is 12.5. The van der Waals surface area contributed by atoms with Crippen LogP contribution in [0.1, 0.15) is 130 Å². The molecule has 1 aliphatic heterocycles. The summed E-state index contributed by atoms with van der Waals surface area (Å²) in [5.74, 6) is -0.117. The van der Waals surface area contributed by atoms with Gasteiger partial charge < -0.3 is 19.1 Å². The second-order valence-electron chi connectivity index (χ2n) is 9.21. The molecule has 3 unspecified atom stereocenters. The Morgan fingerprint density at radius 3 is 1.62 bits per heavy atom. The van der Waals surface area contributed by atoms with Gasteiger partial charge in [0.1, 0.15) is 11.6 Å². The van der Waals surface area contributed by atoms with Crippen molar-refractivity contribution in [2.45, 2.75) is 148 Å². The van der Waals surface area contributed by atoms with Crippen LogP contribution in [0, 0.1) is 0 Å². The molecule has 1 fully saturated rings. The summed E-state index contributed by atoms with van der Waals surface area (Å²) < 4.78 is 12.7. The van der Waals surface area contributed by atoms with Crippen molar-refractivity contribution in [1.82, 2.24) is 0 Å². The molecule has 0 amide bonds. The molecule has 0 aromatic heterocycles. The second kappa shape index (κ2) is 15.1. The number of ketones is 2. The third-order valence-corrected chi connectivity index (χ3v) is 6.01. The maximum Gasteiger partial charge on any atom is 0.166 e. The van der Waals surface area contributed by atoms with E-state index in [2.05, 4.69) is 6.92 Å². The first kappa shape index (κ1) is 26.3. The van der Waals surface area contributed by atoms with E-state index in [0.717, 1.165) is 32.1 Å². The van der Waals surface area contributed by atoms with Crippen molar-refractivity contribution >= 4 is 11.6 Å². The Morgan fingerprint density at radius 2 is 1.14 bits per heavy atom. The molecule has 1 aliphatic rings. The van der Waals surface area contributed by atoms with Gasteiger partial charge in [0.2, 0.25) is 0 Å². The second-order valence-corrected chi connectivity index (χ2v) is 9.21. The Morgan fingerprint density at radius 1 is 0.690 bits per heavy atom. The lowest BCUT2D eigenvalue weighted by Crippen LogP contribution is -2.27. The van der Waals surface area contributed by atoms with E-state index < -0.39 is 5.79 Å². The van der Waals surface area contributed by atoms with E-state index in [1.165, 1.54) is 51.4 Å². The van der Waals surface area contributed by atoms with E-state index >= 15 is 0 Å². The van der Waals surface area contributed by atoms with Crippen molar-refractivity contribution in [3.8, 4) is 0 Å². The number of rotatable bonds is 18. The van der Waals surface area contributed by atoms with Crippen LogP contribution in [0.2, 0.25) is 0 Å². The summed E-state index contributed by atoms with van der Waals surface area (Å²) in [6, 6.07) is 0. The van der Waals surface area contributed by atoms with Gasteiger partial charge in [0.25, 0.3) is 0 Å². The average molecular weight is 411 g/mol. The van der Waals surface area contributed by atoms with Gasteiger partial charge in [-0.3, -0.25) is 0 Å². The number of carbonyl (C=O) groups is 2. The van der Waals surface area contributed by atoms with Gasteiger partial charge in [-0.05, 0) is 40.0 Å². The molecule has 29 heavy (non-hydrogen) atoms. The van der Waals surface area contributed by atoms with Crippen LogP contribution < -0.4 is 0 Å². The summed E-state index contributed by atoms with van der Waals surface area (Å²) in [6.07, 6.45) is 17.7. The molecular weight excluding hydrogens is 364 g/mol. The minimum atomic E-state index is -0.606. The Balaban J connectivity index is 2.37. The fourth-order valence-electron chi connectivity index (χ4n) is 4.21. The summed E-state index contributed by atoms with van der Waals surface area (Å²) >= 11 is 0. The van der Waals surface area contributed by atoms with Crippen LogP contribution in [0.25, 0.3) is 0 Å². The SMILES string of the molecule is CCCCCCCCC1OC(C)(CCC(C)=O)OC1CCCCCCCC(C)=O. The fraction of sp³-hybridized carbons (Fsp3) is 0.920.